The molecule has 0 aliphatic carbocycles. The summed E-state index contributed by atoms with van der Waals surface area (Å²) in [5.41, 5.74) is 1.55. The maximum atomic E-state index is 11.4. The maximum absolute atomic E-state index is 11.4. The lowest BCUT2D eigenvalue weighted by Gasteiger charge is -1.99. The topological polar surface area (TPSA) is 34.1 Å². The van der Waals surface area contributed by atoms with E-state index in [1.54, 1.807) is 25.1 Å². The Hall–Kier alpha value is -0.960. The van der Waals surface area contributed by atoms with E-state index in [1.165, 1.54) is 0 Å². The zero-order valence-corrected chi connectivity index (χ0v) is 8.56. The van der Waals surface area contributed by atoms with Gasteiger partial charge in [0.15, 0.2) is 0 Å². The third kappa shape index (κ3) is 2.49. The van der Waals surface area contributed by atoms with Crippen LogP contribution in [0.25, 0.3) is 0 Å². The Morgan fingerprint density at radius 1 is 1.46 bits per heavy atom. The Labute approximate surface area is 80.4 Å². The molecule has 3 heteroatoms. The number of carbonyl (C=O) groups is 1. The van der Waals surface area contributed by atoms with E-state index in [1.807, 2.05) is 13.0 Å². The SMILES string of the molecule is CCS(=O)C(=O)c1cccc(C)c1. The lowest BCUT2D eigenvalue weighted by Crippen LogP contribution is -2.09. The molecule has 0 amide bonds. The van der Waals surface area contributed by atoms with Crippen molar-refractivity contribution in [2.45, 2.75) is 13.8 Å². The van der Waals surface area contributed by atoms with E-state index in [0.717, 1.165) is 5.56 Å². The molecule has 0 saturated carbocycles. The van der Waals surface area contributed by atoms with Crippen molar-refractivity contribution >= 4 is 15.9 Å². The van der Waals surface area contributed by atoms with Gasteiger partial charge in [0.05, 0.1) is 10.8 Å². The van der Waals surface area contributed by atoms with Crippen molar-refractivity contribution in [2.75, 3.05) is 5.75 Å². The largest absolute Gasteiger partial charge is 0.279 e. The lowest BCUT2D eigenvalue weighted by atomic mass is 10.2. The van der Waals surface area contributed by atoms with Gasteiger partial charge in [0.1, 0.15) is 0 Å². The summed E-state index contributed by atoms with van der Waals surface area (Å²) in [6.07, 6.45) is 0. The highest BCUT2D eigenvalue weighted by Crippen LogP contribution is 2.06. The Kier molecular flexibility index (Phi) is 3.37. The normalized spacial score (nSPS) is 12.5. The first kappa shape index (κ1) is 10.1. The van der Waals surface area contributed by atoms with Crippen molar-refractivity contribution < 1.29 is 9.00 Å². The van der Waals surface area contributed by atoms with Gasteiger partial charge in [0, 0.05) is 11.3 Å². The van der Waals surface area contributed by atoms with Crippen molar-refractivity contribution in [3.05, 3.63) is 35.4 Å². The fourth-order valence-electron chi connectivity index (χ4n) is 1.03. The molecular formula is C10H12O2S. The Balaban J connectivity index is 2.95. The van der Waals surface area contributed by atoms with Gasteiger partial charge in [-0.15, -0.1) is 0 Å². The standard InChI is InChI=1S/C10H12O2S/c1-3-13(12)10(11)9-6-4-5-8(2)7-9/h4-7H,3H2,1-2H3. The minimum atomic E-state index is -1.37. The van der Waals surface area contributed by atoms with E-state index >= 15 is 0 Å². The molecule has 0 spiro atoms. The first-order chi connectivity index (χ1) is 6.15. The summed E-state index contributed by atoms with van der Waals surface area (Å²) >= 11 is 0. The van der Waals surface area contributed by atoms with Crippen LogP contribution in [-0.4, -0.2) is 15.1 Å². The predicted molar refractivity (Wildman–Crippen MR) is 54.2 cm³/mol. The van der Waals surface area contributed by atoms with Gasteiger partial charge in [-0.2, -0.15) is 0 Å². The minimum absolute atomic E-state index is 0.272. The quantitative estimate of drug-likeness (QED) is 0.724. The number of benzene rings is 1. The average molecular weight is 196 g/mol. The fraction of sp³-hybridized carbons (Fsp3) is 0.300. The first-order valence-corrected chi connectivity index (χ1v) is 5.46. The zero-order chi connectivity index (χ0) is 9.84. The van der Waals surface area contributed by atoms with Gasteiger partial charge in [-0.25, -0.2) is 0 Å². The van der Waals surface area contributed by atoms with Crippen LogP contribution in [0.2, 0.25) is 0 Å². The second-order valence-electron chi connectivity index (χ2n) is 2.79. The number of aryl methyl sites for hydroxylation is 1. The second-order valence-corrected chi connectivity index (χ2v) is 4.43. The predicted octanol–water partition coefficient (Wildman–Crippen LogP) is 1.90. The van der Waals surface area contributed by atoms with Crippen LogP contribution in [0.15, 0.2) is 24.3 Å². The van der Waals surface area contributed by atoms with E-state index in [0.29, 0.717) is 11.3 Å². The van der Waals surface area contributed by atoms with Crippen LogP contribution in [0.1, 0.15) is 22.8 Å². The molecule has 0 saturated heterocycles. The van der Waals surface area contributed by atoms with Gasteiger partial charge in [0.2, 0.25) is 5.12 Å². The van der Waals surface area contributed by atoms with Crippen LogP contribution < -0.4 is 0 Å². The lowest BCUT2D eigenvalue weighted by molar-refractivity contribution is 0.108. The number of hydrogen-bond donors (Lipinski definition) is 0. The molecule has 1 rings (SSSR count). The molecule has 1 atom stereocenters. The first-order valence-electron chi connectivity index (χ1n) is 4.14. The summed E-state index contributed by atoms with van der Waals surface area (Å²) in [4.78, 5) is 11.4. The highest BCUT2D eigenvalue weighted by Gasteiger charge is 2.11. The monoisotopic (exact) mass is 196 g/mol. The van der Waals surface area contributed by atoms with Crippen LogP contribution in [0.3, 0.4) is 0 Å². The Bertz CT molecular complexity index is 345. The van der Waals surface area contributed by atoms with Crippen molar-refractivity contribution in [3.63, 3.8) is 0 Å². The molecule has 0 fully saturated rings. The molecular weight excluding hydrogens is 184 g/mol. The zero-order valence-electron chi connectivity index (χ0n) is 7.74. The number of hydrogen-bond acceptors (Lipinski definition) is 2. The molecule has 0 radical (unpaired) electrons. The number of rotatable bonds is 2. The molecule has 0 aliphatic heterocycles. The third-order valence-electron chi connectivity index (χ3n) is 1.72. The summed E-state index contributed by atoms with van der Waals surface area (Å²) < 4.78 is 11.2. The second kappa shape index (κ2) is 4.33. The van der Waals surface area contributed by atoms with Crippen LogP contribution >= 0.6 is 0 Å². The summed E-state index contributed by atoms with van der Waals surface area (Å²) in [5, 5.41) is -0.272. The van der Waals surface area contributed by atoms with Crippen molar-refractivity contribution in [1.82, 2.24) is 0 Å². The van der Waals surface area contributed by atoms with Gasteiger partial charge in [-0.3, -0.25) is 9.00 Å². The highest BCUT2D eigenvalue weighted by atomic mass is 32.2. The van der Waals surface area contributed by atoms with E-state index in [-0.39, 0.29) is 5.12 Å². The molecule has 0 N–H and O–H groups in total. The smallest absolute Gasteiger partial charge is 0.249 e. The molecule has 2 nitrogen and oxygen atoms in total. The van der Waals surface area contributed by atoms with E-state index in [9.17, 15) is 9.00 Å². The Morgan fingerprint density at radius 2 is 2.15 bits per heavy atom. The molecule has 0 aromatic heterocycles. The summed E-state index contributed by atoms with van der Waals surface area (Å²) in [7, 11) is -1.37. The van der Waals surface area contributed by atoms with Crippen molar-refractivity contribution in [3.8, 4) is 0 Å². The van der Waals surface area contributed by atoms with Gasteiger partial charge in [0.25, 0.3) is 0 Å². The molecule has 70 valence electrons. The van der Waals surface area contributed by atoms with E-state index in [2.05, 4.69) is 0 Å². The fourth-order valence-corrected chi connectivity index (χ4v) is 1.69. The summed E-state index contributed by atoms with van der Waals surface area (Å²) in [6.45, 7) is 3.65. The highest BCUT2D eigenvalue weighted by molar-refractivity contribution is 8.00. The Morgan fingerprint density at radius 3 is 2.69 bits per heavy atom. The molecule has 1 unspecified atom stereocenters. The summed E-state index contributed by atoms with van der Waals surface area (Å²) in [6, 6.07) is 7.17. The molecule has 0 heterocycles. The van der Waals surface area contributed by atoms with E-state index in [4.69, 9.17) is 0 Å². The van der Waals surface area contributed by atoms with Crippen molar-refractivity contribution in [2.24, 2.45) is 0 Å². The molecule has 0 aliphatic rings. The summed E-state index contributed by atoms with van der Waals surface area (Å²) in [5.74, 6) is 0.382. The minimum Gasteiger partial charge on any atom is -0.279 e. The third-order valence-corrected chi connectivity index (χ3v) is 2.90. The van der Waals surface area contributed by atoms with Crippen LogP contribution in [0, 0.1) is 6.92 Å². The van der Waals surface area contributed by atoms with Gasteiger partial charge >= 0.3 is 0 Å². The molecule has 13 heavy (non-hydrogen) atoms. The van der Waals surface area contributed by atoms with Crippen LogP contribution in [0.4, 0.5) is 0 Å². The van der Waals surface area contributed by atoms with Crippen molar-refractivity contribution in [1.29, 1.82) is 0 Å². The van der Waals surface area contributed by atoms with Gasteiger partial charge < -0.3 is 0 Å². The number of carbonyl (C=O) groups excluding carboxylic acids is 1. The maximum Gasteiger partial charge on any atom is 0.249 e. The molecule has 0 bridgehead atoms. The van der Waals surface area contributed by atoms with Crippen LogP contribution in [-0.2, 0) is 10.8 Å². The van der Waals surface area contributed by atoms with Gasteiger partial charge in [-0.05, 0) is 13.0 Å². The molecule has 1 aromatic carbocycles. The molecule has 1 aromatic rings. The van der Waals surface area contributed by atoms with Crippen LogP contribution in [0.5, 0.6) is 0 Å². The van der Waals surface area contributed by atoms with Gasteiger partial charge in [-0.1, -0.05) is 30.7 Å². The average Bonchev–Trinajstić information content (AvgIpc) is 2.15. The van der Waals surface area contributed by atoms with E-state index < -0.39 is 10.8 Å².